The van der Waals surface area contributed by atoms with Crippen molar-refractivity contribution in [1.82, 2.24) is 0 Å². The van der Waals surface area contributed by atoms with Gasteiger partial charge < -0.3 is 0 Å². The molecule has 0 saturated heterocycles. The van der Waals surface area contributed by atoms with Crippen molar-refractivity contribution in [3.05, 3.63) is 12.2 Å². The summed E-state index contributed by atoms with van der Waals surface area (Å²) in [5.41, 5.74) is 1.55. The molecular formula is C10H16. The second-order valence-electron chi connectivity index (χ2n) is 3.92. The summed E-state index contributed by atoms with van der Waals surface area (Å²) in [4.78, 5) is 0. The molecule has 2 aliphatic rings. The van der Waals surface area contributed by atoms with Gasteiger partial charge in [0.25, 0.3) is 0 Å². The predicted molar refractivity (Wildman–Crippen MR) is 43.8 cm³/mol. The van der Waals surface area contributed by atoms with Crippen molar-refractivity contribution in [2.45, 2.75) is 32.6 Å². The van der Waals surface area contributed by atoms with Crippen molar-refractivity contribution >= 4 is 0 Å². The Kier molecular flexibility index (Phi) is 1.36. The Morgan fingerprint density at radius 2 is 2.00 bits per heavy atom. The number of allylic oxidation sites excluding steroid dienone is 1. The first-order valence-corrected chi connectivity index (χ1v) is 4.49. The van der Waals surface area contributed by atoms with Crippen LogP contribution in [-0.2, 0) is 0 Å². The molecule has 0 heteroatoms. The summed E-state index contributed by atoms with van der Waals surface area (Å²) < 4.78 is 0. The minimum Gasteiger partial charge on any atom is -0.0993 e. The minimum absolute atomic E-state index is 0.852. The Hall–Kier alpha value is -0.260. The van der Waals surface area contributed by atoms with E-state index >= 15 is 0 Å². The zero-order chi connectivity index (χ0) is 7.14. The number of hydrogen-bond donors (Lipinski definition) is 0. The van der Waals surface area contributed by atoms with Crippen LogP contribution in [0.4, 0.5) is 0 Å². The summed E-state index contributed by atoms with van der Waals surface area (Å²) in [6.45, 7) is 6.47. The molecule has 0 aromatic carbocycles. The quantitative estimate of drug-likeness (QED) is 0.449. The molecule has 0 nitrogen and oxygen atoms in total. The zero-order valence-electron chi connectivity index (χ0n) is 6.77. The van der Waals surface area contributed by atoms with Gasteiger partial charge in [-0.1, -0.05) is 31.9 Å². The summed E-state index contributed by atoms with van der Waals surface area (Å²) in [7, 11) is 0. The summed E-state index contributed by atoms with van der Waals surface area (Å²) in [5.74, 6) is 2.82. The van der Waals surface area contributed by atoms with Gasteiger partial charge in [0.2, 0.25) is 0 Å². The molecule has 3 atom stereocenters. The lowest BCUT2D eigenvalue weighted by molar-refractivity contribution is 0.126. The normalized spacial score (nSPS) is 46.1. The minimum atomic E-state index is 0.852. The van der Waals surface area contributed by atoms with Gasteiger partial charge in [-0.25, -0.2) is 0 Å². The molecule has 0 aliphatic heterocycles. The lowest BCUT2D eigenvalue weighted by atomic mass is 9.56. The molecule has 0 heterocycles. The fraction of sp³-hybridized carbons (Fsp3) is 0.800. The molecule has 2 aliphatic carbocycles. The van der Waals surface area contributed by atoms with E-state index in [1.807, 2.05) is 0 Å². The van der Waals surface area contributed by atoms with Crippen molar-refractivity contribution in [2.75, 3.05) is 0 Å². The van der Waals surface area contributed by atoms with Crippen LogP contribution in [0.3, 0.4) is 0 Å². The van der Waals surface area contributed by atoms with E-state index in [0.717, 1.165) is 17.8 Å². The van der Waals surface area contributed by atoms with Crippen molar-refractivity contribution in [3.8, 4) is 0 Å². The van der Waals surface area contributed by atoms with Crippen LogP contribution < -0.4 is 0 Å². The van der Waals surface area contributed by atoms with Gasteiger partial charge in [-0.3, -0.25) is 0 Å². The standard InChI is InChI=1S/C10H16/c1-7-8(2)10-6-4-3-5-9(7)10/h8-10H,1,3-6H2,2H3. The van der Waals surface area contributed by atoms with Crippen LogP contribution in [0, 0.1) is 17.8 Å². The SMILES string of the molecule is C=C1C(C)C2CCCCC12. The average Bonchev–Trinajstić information content (AvgIpc) is 2.03. The Balaban J connectivity index is 2.06. The second-order valence-corrected chi connectivity index (χ2v) is 3.92. The first-order chi connectivity index (χ1) is 4.80. The molecule has 3 unspecified atom stereocenters. The van der Waals surface area contributed by atoms with Crippen molar-refractivity contribution < 1.29 is 0 Å². The third-order valence-electron chi connectivity index (χ3n) is 3.52. The highest BCUT2D eigenvalue weighted by molar-refractivity contribution is 5.19. The molecule has 56 valence electrons. The fourth-order valence-electron chi connectivity index (χ4n) is 2.71. The van der Waals surface area contributed by atoms with Gasteiger partial charge in [0.1, 0.15) is 0 Å². The maximum atomic E-state index is 4.13. The molecule has 0 aromatic heterocycles. The molecule has 2 saturated carbocycles. The predicted octanol–water partition coefficient (Wildman–Crippen LogP) is 3.00. The van der Waals surface area contributed by atoms with Crippen LogP contribution in [0.1, 0.15) is 32.6 Å². The maximum absolute atomic E-state index is 4.13. The Bertz CT molecular complexity index is 157. The average molecular weight is 136 g/mol. The highest BCUT2D eigenvalue weighted by Crippen LogP contribution is 2.51. The topological polar surface area (TPSA) is 0 Å². The first kappa shape index (κ1) is 6.45. The third kappa shape index (κ3) is 0.680. The lowest BCUT2D eigenvalue weighted by Crippen LogP contribution is -2.39. The van der Waals surface area contributed by atoms with Crippen LogP contribution in [0.15, 0.2) is 12.2 Å². The number of fused-ring (bicyclic) bond motifs is 1. The summed E-state index contributed by atoms with van der Waals surface area (Å²) in [5, 5.41) is 0. The van der Waals surface area contributed by atoms with E-state index in [1.54, 1.807) is 5.57 Å². The van der Waals surface area contributed by atoms with E-state index < -0.39 is 0 Å². The Labute approximate surface area is 63.3 Å². The summed E-state index contributed by atoms with van der Waals surface area (Å²) in [6.07, 6.45) is 5.84. The van der Waals surface area contributed by atoms with Crippen LogP contribution >= 0.6 is 0 Å². The molecule has 0 amide bonds. The summed E-state index contributed by atoms with van der Waals surface area (Å²) in [6, 6.07) is 0. The van der Waals surface area contributed by atoms with Crippen LogP contribution in [0.5, 0.6) is 0 Å². The van der Waals surface area contributed by atoms with Crippen molar-refractivity contribution in [2.24, 2.45) is 17.8 Å². The van der Waals surface area contributed by atoms with E-state index in [2.05, 4.69) is 13.5 Å². The fourth-order valence-corrected chi connectivity index (χ4v) is 2.71. The number of hydrogen-bond acceptors (Lipinski definition) is 0. The molecule has 0 spiro atoms. The van der Waals surface area contributed by atoms with Crippen molar-refractivity contribution in [3.63, 3.8) is 0 Å². The molecular weight excluding hydrogens is 120 g/mol. The van der Waals surface area contributed by atoms with Gasteiger partial charge in [0, 0.05) is 0 Å². The van der Waals surface area contributed by atoms with E-state index in [0.29, 0.717) is 0 Å². The van der Waals surface area contributed by atoms with Gasteiger partial charge in [-0.05, 0) is 30.6 Å². The van der Waals surface area contributed by atoms with Gasteiger partial charge in [-0.2, -0.15) is 0 Å². The maximum Gasteiger partial charge on any atom is -0.0169 e. The molecule has 0 aromatic rings. The molecule has 0 bridgehead atoms. The highest BCUT2D eigenvalue weighted by atomic mass is 14.5. The van der Waals surface area contributed by atoms with Crippen LogP contribution in [-0.4, -0.2) is 0 Å². The number of rotatable bonds is 0. The second kappa shape index (κ2) is 2.11. The molecule has 0 radical (unpaired) electrons. The van der Waals surface area contributed by atoms with Gasteiger partial charge >= 0.3 is 0 Å². The molecule has 0 N–H and O–H groups in total. The first-order valence-electron chi connectivity index (χ1n) is 4.49. The monoisotopic (exact) mass is 136 g/mol. The smallest absolute Gasteiger partial charge is 0.0169 e. The van der Waals surface area contributed by atoms with E-state index in [4.69, 9.17) is 0 Å². The van der Waals surface area contributed by atoms with Gasteiger partial charge in [0.15, 0.2) is 0 Å². The Morgan fingerprint density at radius 3 is 2.70 bits per heavy atom. The van der Waals surface area contributed by atoms with Gasteiger partial charge in [0.05, 0.1) is 0 Å². The van der Waals surface area contributed by atoms with E-state index in [9.17, 15) is 0 Å². The van der Waals surface area contributed by atoms with E-state index in [1.165, 1.54) is 25.7 Å². The van der Waals surface area contributed by atoms with Crippen LogP contribution in [0.25, 0.3) is 0 Å². The highest BCUT2D eigenvalue weighted by Gasteiger charge is 2.42. The van der Waals surface area contributed by atoms with E-state index in [-0.39, 0.29) is 0 Å². The molecule has 2 rings (SSSR count). The zero-order valence-corrected chi connectivity index (χ0v) is 6.77. The third-order valence-corrected chi connectivity index (χ3v) is 3.52. The molecule has 2 fully saturated rings. The Morgan fingerprint density at radius 1 is 1.30 bits per heavy atom. The van der Waals surface area contributed by atoms with Crippen LogP contribution in [0.2, 0.25) is 0 Å². The summed E-state index contributed by atoms with van der Waals surface area (Å²) >= 11 is 0. The van der Waals surface area contributed by atoms with Gasteiger partial charge in [-0.15, -0.1) is 0 Å². The van der Waals surface area contributed by atoms with Crippen molar-refractivity contribution in [1.29, 1.82) is 0 Å². The lowest BCUT2D eigenvalue weighted by Gasteiger charge is -2.48. The largest absolute Gasteiger partial charge is 0.0993 e. The molecule has 10 heavy (non-hydrogen) atoms.